The molecule has 3 N–H and O–H groups in total. The molecule has 0 spiro atoms. The van der Waals surface area contributed by atoms with Gasteiger partial charge in [0.25, 0.3) is 0 Å². The highest BCUT2D eigenvalue weighted by molar-refractivity contribution is 14.1. The van der Waals surface area contributed by atoms with E-state index in [-0.39, 0.29) is 11.0 Å². The van der Waals surface area contributed by atoms with Gasteiger partial charge in [-0.25, -0.2) is 18.5 Å². The van der Waals surface area contributed by atoms with Crippen LogP contribution in [-0.4, -0.2) is 18.4 Å². The summed E-state index contributed by atoms with van der Waals surface area (Å²) in [6, 6.07) is 6.95. The molecule has 0 atom stereocenters. The van der Waals surface area contributed by atoms with Gasteiger partial charge in [0, 0.05) is 11.9 Å². The summed E-state index contributed by atoms with van der Waals surface area (Å²) in [5.41, 5.74) is 1.16. The number of hydrogen-bond donors (Lipinski definition) is 2. The highest BCUT2D eigenvalue weighted by Gasteiger charge is 2.11. The first-order valence-corrected chi connectivity index (χ1v) is 8.56. The maximum atomic E-state index is 11.2. The lowest BCUT2D eigenvalue weighted by molar-refractivity contribution is 0.597. The lowest BCUT2D eigenvalue weighted by Gasteiger charge is -2.11. The molecular weight excluding hydrogens is 415 g/mol. The van der Waals surface area contributed by atoms with E-state index in [1.807, 2.05) is 0 Å². The zero-order chi connectivity index (χ0) is 14.8. The van der Waals surface area contributed by atoms with Gasteiger partial charge < -0.3 is 5.32 Å². The smallest absolute Gasteiger partial charge is 0.224 e. The number of halogens is 2. The van der Waals surface area contributed by atoms with Crippen LogP contribution in [0.3, 0.4) is 0 Å². The van der Waals surface area contributed by atoms with Gasteiger partial charge >= 0.3 is 0 Å². The van der Waals surface area contributed by atoms with Crippen molar-refractivity contribution in [3.05, 3.63) is 44.9 Å². The minimum atomic E-state index is -3.61. The normalized spacial score (nSPS) is 11.3. The summed E-state index contributed by atoms with van der Waals surface area (Å²) in [7, 11) is -3.61. The standard InChI is InChI=1S/C11H10ClIN4O2S/c12-11-15-5-8(13)10(17-11)16-9-4-2-1-3-7(9)6-20(14,18)19/h1-5H,6H2,(H2,14,18,19)(H,15,16,17). The van der Waals surface area contributed by atoms with Crippen molar-refractivity contribution in [3.63, 3.8) is 0 Å². The first kappa shape index (κ1) is 15.4. The Morgan fingerprint density at radius 2 is 2.05 bits per heavy atom. The van der Waals surface area contributed by atoms with Crippen molar-refractivity contribution in [3.8, 4) is 0 Å². The zero-order valence-electron chi connectivity index (χ0n) is 10.0. The number of primary sulfonamides is 1. The van der Waals surface area contributed by atoms with E-state index in [1.165, 1.54) is 0 Å². The van der Waals surface area contributed by atoms with Crippen LogP contribution in [0.1, 0.15) is 5.56 Å². The Balaban J connectivity index is 2.36. The molecule has 0 aliphatic carbocycles. The van der Waals surface area contributed by atoms with Crippen LogP contribution in [0.5, 0.6) is 0 Å². The molecule has 1 aromatic carbocycles. The molecule has 0 fully saturated rings. The van der Waals surface area contributed by atoms with Crippen LogP contribution in [0.2, 0.25) is 5.28 Å². The average Bonchev–Trinajstić information content (AvgIpc) is 2.34. The van der Waals surface area contributed by atoms with Gasteiger partial charge in [0.2, 0.25) is 15.3 Å². The molecule has 9 heteroatoms. The van der Waals surface area contributed by atoms with E-state index in [9.17, 15) is 8.42 Å². The van der Waals surface area contributed by atoms with E-state index in [2.05, 4.69) is 37.9 Å². The van der Waals surface area contributed by atoms with E-state index in [4.69, 9.17) is 16.7 Å². The molecule has 1 heterocycles. The fourth-order valence-corrected chi connectivity index (χ4v) is 2.76. The SMILES string of the molecule is NS(=O)(=O)Cc1ccccc1Nc1nc(Cl)ncc1I. The average molecular weight is 425 g/mol. The number of para-hydroxylation sites is 1. The second-order valence-electron chi connectivity index (χ2n) is 3.92. The van der Waals surface area contributed by atoms with Crippen LogP contribution in [0.15, 0.2) is 30.5 Å². The summed E-state index contributed by atoms with van der Waals surface area (Å²) in [5.74, 6) is 0.249. The fraction of sp³-hybridized carbons (Fsp3) is 0.0909. The summed E-state index contributed by atoms with van der Waals surface area (Å²) >= 11 is 7.80. The summed E-state index contributed by atoms with van der Waals surface area (Å²) in [6.45, 7) is 0. The summed E-state index contributed by atoms with van der Waals surface area (Å²) in [5, 5.41) is 8.23. The Morgan fingerprint density at radius 1 is 1.35 bits per heavy atom. The number of rotatable bonds is 4. The van der Waals surface area contributed by atoms with Crippen molar-refractivity contribution in [1.29, 1.82) is 0 Å². The number of aromatic nitrogens is 2. The molecule has 0 saturated carbocycles. The molecule has 0 unspecified atom stereocenters. The molecule has 20 heavy (non-hydrogen) atoms. The third-order valence-electron chi connectivity index (χ3n) is 2.34. The number of nitrogens with one attached hydrogen (secondary N) is 1. The lowest BCUT2D eigenvalue weighted by atomic mass is 10.2. The highest BCUT2D eigenvalue weighted by atomic mass is 127. The van der Waals surface area contributed by atoms with E-state index in [0.717, 1.165) is 3.57 Å². The molecule has 1 aromatic heterocycles. The molecule has 0 saturated heterocycles. The third kappa shape index (κ3) is 4.27. The second kappa shape index (κ2) is 6.20. The predicted octanol–water partition coefficient (Wildman–Crippen LogP) is 2.27. The van der Waals surface area contributed by atoms with Crippen molar-refractivity contribution in [1.82, 2.24) is 9.97 Å². The van der Waals surface area contributed by atoms with Crippen molar-refractivity contribution >= 4 is 55.7 Å². The maximum Gasteiger partial charge on any atom is 0.224 e. The third-order valence-corrected chi connectivity index (χ3v) is 4.03. The van der Waals surface area contributed by atoms with Crippen molar-refractivity contribution in [2.45, 2.75) is 5.75 Å². The van der Waals surface area contributed by atoms with Crippen molar-refractivity contribution in [2.75, 3.05) is 5.32 Å². The van der Waals surface area contributed by atoms with Crippen LogP contribution in [0.4, 0.5) is 11.5 Å². The van der Waals surface area contributed by atoms with Gasteiger partial charge in [0.05, 0.1) is 9.32 Å². The Labute approximate surface area is 135 Å². The summed E-state index contributed by atoms with van der Waals surface area (Å²) in [6.07, 6.45) is 1.57. The van der Waals surface area contributed by atoms with Gasteiger partial charge in [-0.05, 0) is 45.8 Å². The number of sulfonamides is 1. The van der Waals surface area contributed by atoms with Crippen LogP contribution in [0.25, 0.3) is 0 Å². The molecular formula is C11H10ClIN4O2S. The maximum absolute atomic E-state index is 11.2. The van der Waals surface area contributed by atoms with Crippen LogP contribution in [0, 0.1) is 3.57 Å². The first-order valence-electron chi connectivity index (χ1n) is 5.38. The first-order chi connectivity index (χ1) is 9.35. The number of hydrogen-bond acceptors (Lipinski definition) is 5. The predicted molar refractivity (Wildman–Crippen MR) is 86.3 cm³/mol. The van der Waals surface area contributed by atoms with Gasteiger partial charge in [-0.1, -0.05) is 18.2 Å². The van der Waals surface area contributed by atoms with E-state index >= 15 is 0 Å². The highest BCUT2D eigenvalue weighted by Crippen LogP contribution is 2.24. The molecule has 0 radical (unpaired) electrons. The van der Waals surface area contributed by atoms with Gasteiger partial charge in [0.15, 0.2) is 0 Å². The Bertz CT molecular complexity index is 739. The zero-order valence-corrected chi connectivity index (χ0v) is 13.8. The molecule has 2 aromatic rings. The van der Waals surface area contributed by atoms with Gasteiger partial charge in [-0.15, -0.1) is 0 Å². The Morgan fingerprint density at radius 3 is 2.75 bits per heavy atom. The monoisotopic (exact) mass is 424 g/mol. The number of benzene rings is 1. The van der Waals surface area contributed by atoms with Crippen LogP contribution < -0.4 is 10.5 Å². The summed E-state index contributed by atoms with van der Waals surface area (Å²) in [4.78, 5) is 7.91. The van der Waals surface area contributed by atoms with Gasteiger partial charge in [0.1, 0.15) is 5.82 Å². The fourth-order valence-electron chi connectivity index (χ4n) is 1.55. The molecule has 2 rings (SSSR count). The topological polar surface area (TPSA) is 98.0 Å². The molecule has 0 amide bonds. The summed E-state index contributed by atoms with van der Waals surface area (Å²) < 4.78 is 23.2. The largest absolute Gasteiger partial charge is 0.339 e. The minimum Gasteiger partial charge on any atom is -0.339 e. The second-order valence-corrected chi connectivity index (χ2v) is 7.04. The van der Waals surface area contributed by atoms with E-state index in [1.54, 1.807) is 30.5 Å². The Kier molecular flexibility index (Phi) is 4.78. The van der Waals surface area contributed by atoms with Crippen molar-refractivity contribution in [2.24, 2.45) is 5.14 Å². The van der Waals surface area contributed by atoms with E-state index in [0.29, 0.717) is 17.1 Å². The van der Waals surface area contributed by atoms with Crippen LogP contribution in [-0.2, 0) is 15.8 Å². The number of nitrogens with zero attached hydrogens (tertiary/aromatic N) is 2. The molecule has 0 bridgehead atoms. The number of nitrogens with two attached hydrogens (primary N) is 1. The molecule has 0 aliphatic rings. The quantitative estimate of drug-likeness (QED) is 0.579. The lowest BCUT2D eigenvalue weighted by Crippen LogP contribution is -2.15. The number of anilines is 2. The van der Waals surface area contributed by atoms with E-state index < -0.39 is 10.0 Å². The Hall–Kier alpha value is -0.970. The van der Waals surface area contributed by atoms with Gasteiger partial charge in [-0.2, -0.15) is 4.98 Å². The van der Waals surface area contributed by atoms with Crippen molar-refractivity contribution < 1.29 is 8.42 Å². The molecule has 0 aliphatic heterocycles. The molecule has 106 valence electrons. The molecule has 6 nitrogen and oxygen atoms in total. The minimum absolute atomic E-state index is 0.108. The van der Waals surface area contributed by atoms with Crippen LogP contribution >= 0.6 is 34.2 Å². The van der Waals surface area contributed by atoms with Gasteiger partial charge in [-0.3, -0.25) is 0 Å².